The fourth-order valence-corrected chi connectivity index (χ4v) is 3.79. The number of hydrogen-bond acceptors (Lipinski definition) is 1. The van der Waals surface area contributed by atoms with Gasteiger partial charge >= 0.3 is 0 Å². The van der Waals surface area contributed by atoms with E-state index in [-0.39, 0.29) is 0 Å². The summed E-state index contributed by atoms with van der Waals surface area (Å²) in [6.07, 6.45) is 23.8. The van der Waals surface area contributed by atoms with Gasteiger partial charge in [-0.3, -0.25) is 0 Å². The number of rotatable bonds is 20. The Morgan fingerprint density at radius 3 is 2.00 bits per heavy atom. The third-order valence-electron chi connectivity index (χ3n) is 5.45. The third kappa shape index (κ3) is 18.2. The molecule has 154 valence electrons. The molecule has 1 unspecified atom stereocenters. The quantitative estimate of drug-likeness (QED) is 0.156. The normalized spacial score (nSPS) is 12.5. The second kappa shape index (κ2) is 19.2. The molecule has 0 bridgehead atoms. The summed E-state index contributed by atoms with van der Waals surface area (Å²) >= 11 is 0. The highest BCUT2D eigenvalue weighted by Gasteiger charge is 2.10. The summed E-state index contributed by atoms with van der Waals surface area (Å²) in [4.78, 5) is 2.28. The van der Waals surface area contributed by atoms with Gasteiger partial charge in [-0.05, 0) is 58.7 Å². The van der Waals surface area contributed by atoms with Crippen LogP contribution in [0.1, 0.15) is 110 Å². The van der Waals surface area contributed by atoms with Gasteiger partial charge in [-0.25, -0.2) is 0 Å². The molecule has 0 radical (unpaired) electrons. The maximum absolute atomic E-state index is 4.40. The smallest absolute Gasteiger partial charge is 0.00218 e. The predicted molar refractivity (Wildman–Crippen MR) is 121 cm³/mol. The maximum Gasteiger partial charge on any atom is -0.00218 e. The van der Waals surface area contributed by atoms with E-state index in [0.29, 0.717) is 0 Å². The molecule has 0 aromatic heterocycles. The van der Waals surface area contributed by atoms with Crippen LogP contribution in [-0.4, -0.2) is 25.5 Å². The van der Waals surface area contributed by atoms with Crippen LogP contribution in [0.25, 0.3) is 0 Å². The topological polar surface area (TPSA) is 3.24 Å². The van der Waals surface area contributed by atoms with Crippen LogP contribution in [0.2, 0.25) is 0 Å². The molecule has 0 rings (SSSR count). The van der Waals surface area contributed by atoms with Crippen molar-refractivity contribution in [1.29, 1.82) is 0 Å². The SMILES string of the molecule is C=CCCCCCCCC(CCCCCCC)CC(=C)CCCN(C)C. The van der Waals surface area contributed by atoms with Crippen LogP contribution in [0.3, 0.4) is 0 Å². The molecule has 0 amide bonds. The fourth-order valence-electron chi connectivity index (χ4n) is 3.79. The van der Waals surface area contributed by atoms with Gasteiger partial charge in [0.1, 0.15) is 0 Å². The summed E-state index contributed by atoms with van der Waals surface area (Å²) in [6.45, 7) is 11.7. The third-order valence-corrected chi connectivity index (χ3v) is 5.45. The van der Waals surface area contributed by atoms with Crippen molar-refractivity contribution in [3.05, 3.63) is 24.8 Å². The minimum atomic E-state index is 0.886. The molecular formula is C25H49N. The monoisotopic (exact) mass is 363 g/mol. The molecule has 1 nitrogen and oxygen atoms in total. The van der Waals surface area contributed by atoms with Crippen LogP contribution in [0.15, 0.2) is 24.8 Å². The van der Waals surface area contributed by atoms with E-state index >= 15 is 0 Å². The van der Waals surface area contributed by atoms with E-state index in [1.807, 2.05) is 0 Å². The van der Waals surface area contributed by atoms with E-state index in [4.69, 9.17) is 0 Å². The molecule has 0 aromatic carbocycles. The Hall–Kier alpha value is -0.560. The molecule has 1 heteroatoms. The van der Waals surface area contributed by atoms with Crippen molar-refractivity contribution >= 4 is 0 Å². The summed E-state index contributed by atoms with van der Waals surface area (Å²) in [5.41, 5.74) is 1.50. The van der Waals surface area contributed by atoms with Gasteiger partial charge in [0.25, 0.3) is 0 Å². The van der Waals surface area contributed by atoms with Crippen LogP contribution in [0, 0.1) is 5.92 Å². The van der Waals surface area contributed by atoms with Gasteiger partial charge in [-0.1, -0.05) is 95.8 Å². The minimum Gasteiger partial charge on any atom is -0.309 e. The van der Waals surface area contributed by atoms with Crippen LogP contribution in [0.5, 0.6) is 0 Å². The molecule has 0 aliphatic rings. The lowest BCUT2D eigenvalue weighted by Crippen LogP contribution is -2.13. The van der Waals surface area contributed by atoms with E-state index in [1.165, 1.54) is 115 Å². The molecular weight excluding hydrogens is 314 g/mol. The molecule has 0 heterocycles. The zero-order chi connectivity index (χ0) is 19.5. The molecule has 0 spiro atoms. The summed E-state index contributed by atoms with van der Waals surface area (Å²) in [5.74, 6) is 0.886. The molecule has 1 atom stereocenters. The maximum atomic E-state index is 4.40. The average molecular weight is 364 g/mol. The number of unbranched alkanes of at least 4 members (excludes halogenated alkanes) is 9. The molecule has 0 aliphatic carbocycles. The first kappa shape index (κ1) is 25.4. The Labute approximate surface area is 166 Å². The lowest BCUT2D eigenvalue weighted by molar-refractivity contribution is 0.383. The highest BCUT2D eigenvalue weighted by atomic mass is 15.0. The van der Waals surface area contributed by atoms with E-state index in [0.717, 1.165) is 5.92 Å². The van der Waals surface area contributed by atoms with Gasteiger partial charge in [-0.15, -0.1) is 6.58 Å². The molecule has 0 fully saturated rings. The molecule has 0 aromatic rings. The summed E-state index contributed by atoms with van der Waals surface area (Å²) in [7, 11) is 4.33. The second-order valence-electron chi connectivity index (χ2n) is 8.56. The van der Waals surface area contributed by atoms with Crippen molar-refractivity contribution in [3.63, 3.8) is 0 Å². The van der Waals surface area contributed by atoms with Crippen molar-refractivity contribution in [2.75, 3.05) is 20.6 Å². The van der Waals surface area contributed by atoms with Gasteiger partial charge in [0.05, 0.1) is 0 Å². The molecule has 0 N–H and O–H groups in total. The molecule has 26 heavy (non-hydrogen) atoms. The Kier molecular flexibility index (Phi) is 18.8. The predicted octanol–water partition coefficient (Wildman–Crippen LogP) is 8.17. The standard InChI is InChI=1S/C25H49N/c1-6-8-10-12-13-15-17-21-25(20-16-14-11-9-7-2)23-24(3)19-18-22-26(4)5/h6,25H,1,3,7-23H2,2,4-5H3. The van der Waals surface area contributed by atoms with Crippen molar-refractivity contribution in [3.8, 4) is 0 Å². The number of allylic oxidation sites excluding steroid dienone is 2. The second-order valence-corrected chi connectivity index (χ2v) is 8.56. The van der Waals surface area contributed by atoms with Crippen LogP contribution >= 0.6 is 0 Å². The lowest BCUT2D eigenvalue weighted by Gasteiger charge is -2.19. The van der Waals surface area contributed by atoms with Crippen molar-refractivity contribution in [1.82, 2.24) is 4.90 Å². The van der Waals surface area contributed by atoms with E-state index in [2.05, 4.69) is 45.2 Å². The van der Waals surface area contributed by atoms with Gasteiger partial charge in [0.15, 0.2) is 0 Å². The number of nitrogens with zero attached hydrogens (tertiary/aromatic N) is 1. The lowest BCUT2D eigenvalue weighted by atomic mass is 9.88. The summed E-state index contributed by atoms with van der Waals surface area (Å²) in [6, 6.07) is 0. The van der Waals surface area contributed by atoms with Gasteiger partial charge in [-0.2, -0.15) is 0 Å². The van der Waals surface area contributed by atoms with Crippen molar-refractivity contribution in [2.45, 2.75) is 110 Å². The van der Waals surface area contributed by atoms with Crippen LogP contribution in [0.4, 0.5) is 0 Å². The summed E-state index contributed by atoms with van der Waals surface area (Å²) < 4.78 is 0. The van der Waals surface area contributed by atoms with Gasteiger partial charge in [0, 0.05) is 0 Å². The minimum absolute atomic E-state index is 0.886. The fraction of sp³-hybridized carbons (Fsp3) is 0.840. The van der Waals surface area contributed by atoms with Crippen LogP contribution < -0.4 is 0 Å². The van der Waals surface area contributed by atoms with E-state index < -0.39 is 0 Å². The Balaban J connectivity index is 4.02. The van der Waals surface area contributed by atoms with Gasteiger partial charge < -0.3 is 4.90 Å². The summed E-state index contributed by atoms with van der Waals surface area (Å²) in [5, 5.41) is 0. The van der Waals surface area contributed by atoms with Gasteiger partial charge in [0.2, 0.25) is 0 Å². The zero-order valence-electron chi connectivity index (χ0n) is 18.5. The Morgan fingerprint density at radius 1 is 0.846 bits per heavy atom. The molecule has 0 saturated carbocycles. The highest BCUT2D eigenvalue weighted by Crippen LogP contribution is 2.26. The first-order valence-corrected chi connectivity index (χ1v) is 11.5. The van der Waals surface area contributed by atoms with Crippen LogP contribution in [-0.2, 0) is 0 Å². The Bertz CT molecular complexity index is 318. The first-order chi connectivity index (χ1) is 12.6. The zero-order valence-corrected chi connectivity index (χ0v) is 18.5. The first-order valence-electron chi connectivity index (χ1n) is 11.5. The largest absolute Gasteiger partial charge is 0.309 e. The Morgan fingerprint density at radius 2 is 1.42 bits per heavy atom. The average Bonchev–Trinajstić information content (AvgIpc) is 2.60. The highest BCUT2D eigenvalue weighted by molar-refractivity contribution is 4.96. The molecule has 0 aliphatic heterocycles. The molecule has 0 saturated heterocycles. The van der Waals surface area contributed by atoms with E-state index in [1.54, 1.807) is 0 Å². The van der Waals surface area contributed by atoms with Crippen molar-refractivity contribution < 1.29 is 0 Å². The van der Waals surface area contributed by atoms with E-state index in [9.17, 15) is 0 Å². The van der Waals surface area contributed by atoms with Crippen molar-refractivity contribution in [2.24, 2.45) is 5.92 Å². The number of hydrogen-bond donors (Lipinski definition) is 0.